The molecule has 0 bridgehead atoms. The van der Waals surface area contributed by atoms with Crippen LogP contribution in [0.3, 0.4) is 0 Å². The van der Waals surface area contributed by atoms with E-state index in [1.54, 1.807) is 0 Å². The van der Waals surface area contributed by atoms with Gasteiger partial charge in [0, 0.05) is 15.9 Å². The summed E-state index contributed by atoms with van der Waals surface area (Å²) < 4.78 is 0. The fraction of sp³-hybridized carbons (Fsp3) is 0.600. The molecule has 0 spiro atoms. The molecule has 1 atom stereocenters. The number of rotatable bonds is 1. The third kappa shape index (κ3) is 3.84. The molecule has 0 fully saturated rings. The number of hydrogen-bond donors (Lipinski definition) is 0. The van der Waals surface area contributed by atoms with E-state index >= 15 is 0 Å². The monoisotopic (exact) mass is 161 g/mol. The fourth-order valence-electron chi connectivity index (χ4n) is 0.163. The van der Waals surface area contributed by atoms with E-state index in [1.807, 2.05) is 6.92 Å². The number of hydrogen-bond acceptors (Lipinski definition) is 0. The molecule has 0 aliphatic carbocycles. The lowest BCUT2D eigenvalue weighted by Gasteiger charge is -1.87. The van der Waals surface area contributed by atoms with Crippen molar-refractivity contribution < 1.29 is 5.11 Å². The molecule has 0 aliphatic rings. The van der Waals surface area contributed by atoms with E-state index in [9.17, 15) is 5.11 Å². The lowest BCUT2D eigenvalue weighted by Crippen LogP contribution is -1.95. The van der Waals surface area contributed by atoms with Crippen LogP contribution in [0.25, 0.3) is 0 Å². The van der Waals surface area contributed by atoms with Crippen molar-refractivity contribution in [3.63, 3.8) is 0 Å². The van der Waals surface area contributed by atoms with Crippen LogP contribution in [0.5, 0.6) is 0 Å². The van der Waals surface area contributed by atoms with Gasteiger partial charge in [-0.05, 0) is 11.3 Å². The van der Waals surface area contributed by atoms with Crippen molar-refractivity contribution in [1.82, 2.24) is 0 Å². The summed E-state index contributed by atoms with van der Waals surface area (Å²) in [5, 5.41) is 10.3. The average molecular weight is 162 g/mol. The second kappa shape index (κ2) is 4.17. The van der Waals surface area contributed by atoms with E-state index in [-0.39, 0.29) is 0 Å². The van der Waals surface area contributed by atoms with Crippen molar-refractivity contribution in [3.05, 3.63) is 0 Å². The molecule has 0 N–H and O–H groups in total. The maximum absolute atomic E-state index is 10.3. The van der Waals surface area contributed by atoms with Gasteiger partial charge in [0.05, 0.1) is 0 Å². The van der Waals surface area contributed by atoms with Gasteiger partial charge < -0.3 is 0 Å². The van der Waals surface area contributed by atoms with Crippen molar-refractivity contribution in [1.29, 1.82) is 0 Å². The van der Waals surface area contributed by atoms with Crippen LogP contribution < -0.4 is 0 Å². The standard InChI is InChI=1S/C5H6BrO/c1-2-5(7)3-4-6/h5H,2H2,1H3. The third-order valence-electron chi connectivity index (χ3n) is 0.586. The molecule has 1 nitrogen and oxygen atoms in total. The van der Waals surface area contributed by atoms with Gasteiger partial charge in [0.2, 0.25) is 0 Å². The Kier molecular flexibility index (Phi) is 4.17. The Bertz CT molecular complexity index is 90.0. The first-order chi connectivity index (χ1) is 3.31. The Balaban J connectivity index is 3.29. The second-order valence-corrected chi connectivity index (χ2v) is 1.53. The minimum atomic E-state index is -0.709. The van der Waals surface area contributed by atoms with Crippen molar-refractivity contribution in [2.24, 2.45) is 0 Å². The van der Waals surface area contributed by atoms with Gasteiger partial charge in [-0.2, -0.15) is 0 Å². The topological polar surface area (TPSA) is 19.9 Å². The summed E-state index contributed by atoms with van der Waals surface area (Å²) in [7, 11) is 0. The highest BCUT2D eigenvalue weighted by Crippen LogP contribution is 1.86. The zero-order valence-corrected chi connectivity index (χ0v) is 5.66. The van der Waals surface area contributed by atoms with E-state index in [0.717, 1.165) is 0 Å². The molecule has 2 heteroatoms. The predicted octanol–water partition coefficient (Wildman–Crippen LogP) is 1.55. The smallest absolute Gasteiger partial charge is 0.154 e. The van der Waals surface area contributed by atoms with Crippen LogP contribution in [0.2, 0.25) is 0 Å². The Labute approximate surface area is 51.9 Å². The molecule has 1 radical (unpaired) electrons. The van der Waals surface area contributed by atoms with Gasteiger partial charge in [-0.15, -0.1) is 0 Å². The van der Waals surface area contributed by atoms with Crippen molar-refractivity contribution in [2.45, 2.75) is 19.4 Å². The summed E-state index contributed by atoms with van der Waals surface area (Å²) in [6.45, 7) is 1.81. The molecule has 0 aliphatic heterocycles. The molecule has 0 aromatic heterocycles. The minimum absolute atomic E-state index is 0.582. The van der Waals surface area contributed by atoms with Crippen LogP contribution in [0.15, 0.2) is 0 Å². The summed E-state index contributed by atoms with van der Waals surface area (Å²) in [4.78, 5) is 2.37. The zero-order valence-electron chi connectivity index (χ0n) is 4.07. The summed E-state index contributed by atoms with van der Waals surface area (Å²) in [5.74, 6) is 2.41. The zero-order chi connectivity index (χ0) is 5.70. The largest absolute Gasteiger partial charge is 0.219 e. The summed E-state index contributed by atoms with van der Waals surface area (Å²) in [6, 6.07) is 0. The molecule has 0 rings (SSSR count). The van der Waals surface area contributed by atoms with Crippen LogP contribution in [-0.2, 0) is 5.11 Å². The summed E-state index contributed by atoms with van der Waals surface area (Å²) >= 11 is 2.83. The molecule has 0 saturated carbocycles. The van der Waals surface area contributed by atoms with Gasteiger partial charge in [0.1, 0.15) is 0 Å². The quantitative estimate of drug-likeness (QED) is 0.521. The first kappa shape index (κ1) is 7.00. The molecule has 1 unspecified atom stereocenters. The Hall–Kier alpha value is 0. The fourth-order valence-corrected chi connectivity index (χ4v) is 0.418. The number of halogens is 1. The van der Waals surface area contributed by atoms with E-state index in [1.165, 1.54) is 0 Å². The molecule has 39 valence electrons. The molecular weight excluding hydrogens is 156 g/mol. The van der Waals surface area contributed by atoms with Gasteiger partial charge in [-0.25, -0.2) is 5.11 Å². The van der Waals surface area contributed by atoms with E-state index < -0.39 is 6.10 Å². The minimum Gasteiger partial charge on any atom is -0.219 e. The Morgan fingerprint density at radius 3 is 2.57 bits per heavy atom. The molecule has 0 amide bonds. The molecule has 7 heavy (non-hydrogen) atoms. The predicted molar refractivity (Wildman–Crippen MR) is 31.5 cm³/mol. The SMILES string of the molecule is CCC([O])C#CBr. The van der Waals surface area contributed by atoms with Crippen LogP contribution in [0.4, 0.5) is 0 Å². The van der Waals surface area contributed by atoms with Gasteiger partial charge in [0.15, 0.2) is 6.10 Å². The van der Waals surface area contributed by atoms with E-state index in [2.05, 4.69) is 26.7 Å². The van der Waals surface area contributed by atoms with Gasteiger partial charge >= 0.3 is 0 Å². The van der Waals surface area contributed by atoms with Crippen molar-refractivity contribution in [3.8, 4) is 10.8 Å². The van der Waals surface area contributed by atoms with Gasteiger partial charge in [-0.1, -0.05) is 12.8 Å². The lowest BCUT2D eigenvalue weighted by molar-refractivity contribution is 0.135. The highest BCUT2D eigenvalue weighted by atomic mass is 79.9. The molecule has 0 aromatic rings. The van der Waals surface area contributed by atoms with E-state index in [0.29, 0.717) is 6.42 Å². The van der Waals surface area contributed by atoms with Crippen molar-refractivity contribution >= 4 is 15.9 Å². The molecule has 0 saturated heterocycles. The Morgan fingerprint density at radius 1 is 1.86 bits per heavy atom. The van der Waals surface area contributed by atoms with Gasteiger partial charge in [-0.3, -0.25) is 0 Å². The maximum atomic E-state index is 10.3. The van der Waals surface area contributed by atoms with Gasteiger partial charge in [0.25, 0.3) is 0 Å². The first-order valence-corrected chi connectivity index (χ1v) is 2.87. The van der Waals surface area contributed by atoms with Crippen LogP contribution >= 0.6 is 15.9 Å². The Morgan fingerprint density at radius 2 is 2.43 bits per heavy atom. The van der Waals surface area contributed by atoms with E-state index in [4.69, 9.17) is 0 Å². The van der Waals surface area contributed by atoms with Crippen LogP contribution in [0.1, 0.15) is 13.3 Å². The molecule has 0 aromatic carbocycles. The highest BCUT2D eigenvalue weighted by Gasteiger charge is 1.91. The van der Waals surface area contributed by atoms with Crippen molar-refractivity contribution in [2.75, 3.05) is 0 Å². The first-order valence-electron chi connectivity index (χ1n) is 2.08. The molecular formula is C5H6BrO. The van der Waals surface area contributed by atoms with Crippen LogP contribution in [-0.4, -0.2) is 6.10 Å². The normalized spacial score (nSPS) is 11.9. The third-order valence-corrected chi connectivity index (χ3v) is 0.815. The summed E-state index contributed by atoms with van der Waals surface area (Å²) in [6.07, 6.45) is -0.127. The highest BCUT2D eigenvalue weighted by molar-refractivity contribution is 9.12. The molecule has 0 heterocycles. The maximum Gasteiger partial charge on any atom is 0.154 e. The summed E-state index contributed by atoms with van der Waals surface area (Å²) in [5.41, 5.74) is 0. The lowest BCUT2D eigenvalue weighted by atomic mass is 10.3. The second-order valence-electron chi connectivity index (χ2n) is 1.14. The van der Waals surface area contributed by atoms with Crippen LogP contribution in [0, 0.1) is 10.8 Å². The average Bonchev–Trinajstić information content (AvgIpc) is 1.68.